The van der Waals surface area contributed by atoms with Gasteiger partial charge in [-0.1, -0.05) is 26.0 Å². The lowest BCUT2D eigenvalue weighted by Crippen LogP contribution is -2.35. The van der Waals surface area contributed by atoms with Gasteiger partial charge < -0.3 is 19.3 Å². The molecule has 2 heterocycles. The van der Waals surface area contributed by atoms with Crippen molar-refractivity contribution >= 4 is 11.4 Å². The minimum atomic E-state index is 0.00171. The normalized spacial score (nSPS) is 18.6. The highest BCUT2D eigenvalue weighted by Gasteiger charge is 2.35. The molecular formula is C28H38N2O2. The molecule has 5 rings (SSSR count). The molecule has 32 heavy (non-hydrogen) atoms. The Morgan fingerprint density at radius 3 is 1.62 bits per heavy atom. The van der Waals surface area contributed by atoms with Crippen LogP contribution in [0.5, 0.6) is 0 Å². The van der Waals surface area contributed by atoms with Crippen LogP contribution in [0, 0.1) is 0 Å². The number of nitrogens with zero attached hydrogens (tertiary/aromatic N) is 2. The molecule has 0 N–H and O–H groups in total. The molecule has 172 valence electrons. The van der Waals surface area contributed by atoms with Gasteiger partial charge in [0.05, 0.1) is 13.2 Å². The highest BCUT2D eigenvalue weighted by Crippen LogP contribution is 2.46. The molecule has 4 nitrogen and oxygen atoms in total. The second-order valence-corrected chi connectivity index (χ2v) is 10.2. The third kappa shape index (κ3) is 3.72. The molecule has 3 aliphatic rings. The van der Waals surface area contributed by atoms with E-state index in [0.29, 0.717) is 0 Å². The van der Waals surface area contributed by atoms with E-state index in [1.165, 1.54) is 70.4 Å². The Balaban J connectivity index is 1.55. The van der Waals surface area contributed by atoms with Crippen molar-refractivity contribution in [3.05, 3.63) is 57.6 Å². The van der Waals surface area contributed by atoms with Gasteiger partial charge in [-0.25, -0.2) is 0 Å². The molecule has 4 heteroatoms. The lowest BCUT2D eigenvalue weighted by atomic mass is 9.67. The zero-order valence-corrected chi connectivity index (χ0v) is 20.3. The Morgan fingerprint density at radius 2 is 1.19 bits per heavy atom. The molecule has 0 radical (unpaired) electrons. The van der Waals surface area contributed by atoms with Crippen LogP contribution in [-0.2, 0) is 34.2 Å². The first-order valence-corrected chi connectivity index (χ1v) is 12.3. The van der Waals surface area contributed by atoms with Crippen LogP contribution in [0.4, 0.5) is 11.4 Å². The fourth-order valence-electron chi connectivity index (χ4n) is 6.19. The molecule has 2 aliphatic heterocycles. The van der Waals surface area contributed by atoms with Gasteiger partial charge in [0, 0.05) is 57.2 Å². The molecule has 0 atom stereocenters. The van der Waals surface area contributed by atoms with Crippen LogP contribution in [0.1, 0.15) is 60.1 Å². The molecular weight excluding hydrogens is 396 g/mol. The number of rotatable bonds is 6. The van der Waals surface area contributed by atoms with E-state index in [1.54, 1.807) is 14.2 Å². The molecule has 2 aromatic rings. The number of aryl methyl sites for hydroxylation is 2. The summed E-state index contributed by atoms with van der Waals surface area (Å²) in [6, 6.07) is 10.1. The minimum absolute atomic E-state index is 0.00171. The standard InChI is InChI=1S/C28H38N2O2/c1-28(2)24-18-26-20(7-5-9-29(26)11-13-31-3)15-22(24)17-23-16-21-8-6-10-30(12-14-32-4)27(21)19-25(23)28/h15-16,18-19H,5-14,17H2,1-4H3. The van der Waals surface area contributed by atoms with Crippen molar-refractivity contribution < 1.29 is 9.47 Å². The Morgan fingerprint density at radius 1 is 0.719 bits per heavy atom. The van der Waals surface area contributed by atoms with Gasteiger partial charge in [0.2, 0.25) is 0 Å². The summed E-state index contributed by atoms with van der Waals surface area (Å²) >= 11 is 0. The van der Waals surface area contributed by atoms with E-state index < -0.39 is 0 Å². The maximum Gasteiger partial charge on any atom is 0.0637 e. The number of fused-ring (bicyclic) bond motifs is 4. The van der Waals surface area contributed by atoms with E-state index in [4.69, 9.17) is 9.47 Å². The summed E-state index contributed by atoms with van der Waals surface area (Å²) < 4.78 is 10.8. The van der Waals surface area contributed by atoms with E-state index in [9.17, 15) is 0 Å². The summed E-state index contributed by atoms with van der Waals surface area (Å²) in [4.78, 5) is 5.07. The maximum atomic E-state index is 5.40. The number of benzene rings is 2. The van der Waals surface area contributed by atoms with Crippen LogP contribution in [0.25, 0.3) is 0 Å². The predicted octanol–water partition coefficient (Wildman–Crippen LogP) is 4.71. The molecule has 0 aromatic heterocycles. The average Bonchev–Trinajstić information content (AvgIpc) is 2.79. The Labute approximate surface area is 193 Å². The monoisotopic (exact) mass is 434 g/mol. The highest BCUT2D eigenvalue weighted by molar-refractivity contribution is 5.68. The molecule has 0 spiro atoms. The molecule has 1 aliphatic carbocycles. The van der Waals surface area contributed by atoms with Crippen LogP contribution < -0.4 is 9.80 Å². The van der Waals surface area contributed by atoms with Gasteiger partial charge in [0.25, 0.3) is 0 Å². The fourth-order valence-corrected chi connectivity index (χ4v) is 6.19. The topological polar surface area (TPSA) is 24.9 Å². The van der Waals surface area contributed by atoms with Gasteiger partial charge in [-0.2, -0.15) is 0 Å². The summed E-state index contributed by atoms with van der Waals surface area (Å²) in [6.45, 7) is 10.6. The summed E-state index contributed by atoms with van der Waals surface area (Å²) in [5.41, 5.74) is 12.0. The minimum Gasteiger partial charge on any atom is -0.383 e. The van der Waals surface area contributed by atoms with Crippen molar-refractivity contribution in [1.82, 2.24) is 0 Å². The van der Waals surface area contributed by atoms with E-state index in [0.717, 1.165) is 45.8 Å². The first-order chi connectivity index (χ1) is 15.5. The van der Waals surface area contributed by atoms with E-state index in [2.05, 4.69) is 47.9 Å². The fraction of sp³-hybridized carbons (Fsp3) is 0.571. The van der Waals surface area contributed by atoms with Gasteiger partial charge in [0.1, 0.15) is 0 Å². The van der Waals surface area contributed by atoms with Crippen molar-refractivity contribution in [2.75, 3.05) is 63.4 Å². The maximum absolute atomic E-state index is 5.40. The number of hydrogen-bond donors (Lipinski definition) is 0. The number of ether oxygens (including phenoxy) is 2. The quantitative estimate of drug-likeness (QED) is 0.657. The molecule has 0 amide bonds. The van der Waals surface area contributed by atoms with Crippen molar-refractivity contribution in [2.24, 2.45) is 0 Å². The van der Waals surface area contributed by atoms with Crippen LogP contribution in [0.2, 0.25) is 0 Å². The summed E-state index contributed by atoms with van der Waals surface area (Å²) in [5, 5.41) is 0. The van der Waals surface area contributed by atoms with Gasteiger partial charge in [-0.15, -0.1) is 0 Å². The third-order valence-corrected chi connectivity index (χ3v) is 7.90. The SMILES string of the molecule is COCCN1CCCc2cc3c(cc21)C(C)(C)c1cc2c(cc1C3)CCCN2CCOC. The van der Waals surface area contributed by atoms with Crippen LogP contribution in [0.3, 0.4) is 0 Å². The second kappa shape index (κ2) is 8.72. The largest absolute Gasteiger partial charge is 0.383 e. The zero-order valence-electron chi connectivity index (χ0n) is 20.3. The van der Waals surface area contributed by atoms with Crippen LogP contribution >= 0.6 is 0 Å². The van der Waals surface area contributed by atoms with E-state index >= 15 is 0 Å². The molecule has 2 aromatic carbocycles. The lowest BCUT2D eigenvalue weighted by Gasteiger charge is -2.41. The van der Waals surface area contributed by atoms with E-state index in [1.807, 2.05) is 0 Å². The first-order valence-electron chi connectivity index (χ1n) is 12.3. The number of methoxy groups -OCH3 is 2. The third-order valence-electron chi connectivity index (χ3n) is 7.90. The van der Waals surface area contributed by atoms with Gasteiger partial charge in [0.15, 0.2) is 0 Å². The summed E-state index contributed by atoms with van der Waals surface area (Å²) in [7, 11) is 3.60. The molecule has 0 saturated carbocycles. The van der Waals surface area contributed by atoms with Gasteiger partial charge in [-0.05, 0) is 77.6 Å². The number of anilines is 2. The van der Waals surface area contributed by atoms with Gasteiger partial charge >= 0.3 is 0 Å². The summed E-state index contributed by atoms with van der Waals surface area (Å²) in [5.74, 6) is 0. The average molecular weight is 435 g/mol. The Hall–Kier alpha value is -2.04. The Bertz CT molecular complexity index is 920. The molecule has 0 fully saturated rings. The van der Waals surface area contributed by atoms with Gasteiger partial charge in [-0.3, -0.25) is 0 Å². The van der Waals surface area contributed by atoms with Crippen molar-refractivity contribution in [2.45, 2.75) is 51.4 Å². The predicted molar refractivity (Wildman–Crippen MR) is 133 cm³/mol. The zero-order chi connectivity index (χ0) is 22.3. The van der Waals surface area contributed by atoms with Crippen LogP contribution in [-0.4, -0.2) is 53.6 Å². The van der Waals surface area contributed by atoms with Crippen molar-refractivity contribution in [3.8, 4) is 0 Å². The molecule has 0 unspecified atom stereocenters. The number of hydrogen-bond acceptors (Lipinski definition) is 4. The highest BCUT2D eigenvalue weighted by atomic mass is 16.5. The smallest absolute Gasteiger partial charge is 0.0637 e. The first kappa shape index (κ1) is 21.8. The van der Waals surface area contributed by atoms with Crippen molar-refractivity contribution in [3.63, 3.8) is 0 Å². The molecule has 0 saturated heterocycles. The Kier molecular flexibility index (Phi) is 5.94. The second-order valence-electron chi connectivity index (χ2n) is 10.2. The van der Waals surface area contributed by atoms with E-state index in [-0.39, 0.29) is 5.41 Å². The molecule has 0 bridgehead atoms. The summed E-state index contributed by atoms with van der Waals surface area (Å²) in [6.07, 6.45) is 5.92. The van der Waals surface area contributed by atoms with Crippen LogP contribution in [0.15, 0.2) is 24.3 Å². The lowest BCUT2D eigenvalue weighted by molar-refractivity contribution is 0.205. The van der Waals surface area contributed by atoms with Crippen molar-refractivity contribution in [1.29, 1.82) is 0 Å².